The van der Waals surface area contributed by atoms with Gasteiger partial charge in [0.1, 0.15) is 11.4 Å². The van der Waals surface area contributed by atoms with Crippen LogP contribution in [0.5, 0.6) is 5.75 Å². The van der Waals surface area contributed by atoms with Gasteiger partial charge in [-0.15, -0.1) is 0 Å². The van der Waals surface area contributed by atoms with E-state index in [0.717, 1.165) is 6.07 Å². The first-order valence-corrected chi connectivity index (χ1v) is 4.10. The van der Waals surface area contributed by atoms with Crippen LogP contribution in [0.3, 0.4) is 0 Å². The van der Waals surface area contributed by atoms with E-state index in [4.69, 9.17) is 10.5 Å². The summed E-state index contributed by atoms with van der Waals surface area (Å²) in [6, 6.07) is 1.08. The molecule has 1 rings (SSSR count). The van der Waals surface area contributed by atoms with Crippen molar-refractivity contribution in [2.24, 2.45) is 5.73 Å². The van der Waals surface area contributed by atoms with Crippen LogP contribution in [0.25, 0.3) is 0 Å². The van der Waals surface area contributed by atoms with Gasteiger partial charge in [-0.25, -0.2) is 13.8 Å². The molecule has 0 saturated carbocycles. The van der Waals surface area contributed by atoms with Crippen molar-refractivity contribution in [2.45, 2.75) is 13.3 Å². The van der Waals surface area contributed by atoms with E-state index in [2.05, 4.69) is 4.98 Å². The molecule has 1 aromatic heterocycles. The molecule has 0 radical (unpaired) electrons. The van der Waals surface area contributed by atoms with Crippen LogP contribution in [0.4, 0.5) is 8.78 Å². The molecule has 6 heteroatoms. The van der Waals surface area contributed by atoms with Gasteiger partial charge in [0.25, 0.3) is 12.3 Å². The third-order valence-corrected chi connectivity index (χ3v) is 1.88. The smallest absolute Gasteiger partial charge is 0.267 e. The molecule has 4 nitrogen and oxygen atoms in total. The lowest BCUT2D eigenvalue weighted by Crippen LogP contribution is -2.17. The number of rotatable bonds is 3. The lowest BCUT2D eigenvalue weighted by atomic mass is 10.1. The Morgan fingerprint density at radius 2 is 2.20 bits per heavy atom. The van der Waals surface area contributed by atoms with Gasteiger partial charge in [0.05, 0.1) is 18.4 Å². The maximum absolute atomic E-state index is 12.5. The molecular weight excluding hydrogens is 206 g/mol. The Morgan fingerprint density at radius 1 is 1.60 bits per heavy atom. The highest BCUT2D eigenvalue weighted by Gasteiger charge is 2.20. The van der Waals surface area contributed by atoms with Crippen molar-refractivity contribution in [3.05, 3.63) is 23.0 Å². The minimum Gasteiger partial charge on any atom is -0.495 e. The van der Waals surface area contributed by atoms with Gasteiger partial charge in [-0.2, -0.15) is 0 Å². The number of halogens is 2. The second-order valence-corrected chi connectivity index (χ2v) is 2.88. The molecule has 1 aromatic rings. The van der Waals surface area contributed by atoms with Crippen molar-refractivity contribution >= 4 is 5.91 Å². The number of nitrogens with two attached hydrogens (primary N) is 1. The van der Waals surface area contributed by atoms with Crippen molar-refractivity contribution in [1.29, 1.82) is 0 Å². The van der Waals surface area contributed by atoms with Crippen LogP contribution in [0, 0.1) is 6.92 Å². The molecule has 2 N–H and O–H groups in total. The molecule has 1 heterocycles. The van der Waals surface area contributed by atoms with Crippen LogP contribution in [0.15, 0.2) is 6.07 Å². The number of primary amides is 1. The molecule has 82 valence electrons. The Kier molecular flexibility index (Phi) is 3.18. The standard InChI is InChI=1S/C9H10F2N2O2/c1-4-6(15-2)3-5(8(10)11)7(13-4)9(12)14/h3,8H,1-2H3,(H2,12,14). The van der Waals surface area contributed by atoms with Crippen LogP contribution in [-0.2, 0) is 0 Å². The number of aryl methyl sites for hydroxylation is 1. The highest BCUT2D eigenvalue weighted by molar-refractivity contribution is 5.92. The fraction of sp³-hybridized carbons (Fsp3) is 0.333. The number of hydrogen-bond donors (Lipinski definition) is 1. The Morgan fingerprint density at radius 3 is 2.60 bits per heavy atom. The van der Waals surface area contributed by atoms with E-state index in [1.165, 1.54) is 7.11 Å². The molecule has 15 heavy (non-hydrogen) atoms. The minimum absolute atomic E-state index is 0.204. The molecule has 0 unspecified atom stereocenters. The quantitative estimate of drug-likeness (QED) is 0.831. The van der Waals surface area contributed by atoms with Gasteiger partial charge in [-0.05, 0) is 13.0 Å². The predicted octanol–water partition coefficient (Wildman–Crippen LogP) is 1.44. The van der Waals surface area contributed by atoms with Crippen molar-refractivity contribution in [2.75, 3.05) is 7.11 Å². The second-order valence-electron chi connectivity index (χ2n) is 2.88. The molecule has 0 aliphatic rings. The van der Waals surface area contributed by atoms with Gasteiger partial charge in [0.2, 0.25) is 0 Å². The molecule has 0 bridgehead atoms. The molecule has 0 saturated heterocycles. The lowest BCUT2D eigenvalue weighted by molar-refractivity contribution is 0.0979. The van der Waals surface area contributed by atoms with Crippen LogP contribution < -0.4 is 10.5 Å². The first kappa shape index (κ1) is 11.4. The predicted molar refractivity (Wildman–Crippen MR) is 49.0 cm³/mol. The van der Waals surface area contributed by atoms with E-state index in [9.17, 15) is 13.6 Å². The summed E-state index contributed by atoms with van der Waals surface area (Å²) in [6.07, 6.45) is -2.81. The van der Waals surface area contributed by atoms with Gasteiger partial charge in [0, 0.05) is 0 Å². The number of amides is 1. The minimum atomic E-state index is -2.81. The largest absolute Gasteiger partial charge is 0.495 e. The fourth-order valence-electron chi connectivity index (χ4n) is 1.17. The zero-order valence-corrected chi connectivity index (χ0v) is 8.25. The van der Waals surface area contributed by atoms with Crippen molar-refractivity contribution in [3.63, 3.8) is 0 Å². The summed E-state index contributed by atoms with van der Waals surface area (Å²) in [5.41, 5.74) is 4.36. The van der Waals surface area contributed by atoms with Crippen LogP contribution >= 0.6 is 0 Å². The van der Waals surface area contributed by atoms with Gasteiger partial charge < -0.3 is 10.5 Å². The Balaban J connectivity index is 3.38. The van der Waals surface area contributed by atoms with Crippen LogP contribution in [0.2, 0.25) is 0 Å². The van der Waals surface area contributed by atoms with E-state index in [0.29, 0.717) is 5.69 Å². The number of alkyl halides is 2. The van der Waals surface area contributed by atoms with E-state index in [-0.39, 0.29) is 5.75 Å². The number of hydrogen-bond acceptors (Lipinski definition) is 3. The summed E-state index contributed by atoms with van der Waals surface area (Å²) in [7, 11) is 1.34. The van der Waals surface area contributed by atoms with Crippen LogP contribution in [0.1, 0.15) is 28.2 Å². The van der Waals surface area contributed by atoms with Crippen molar-refractivity contribution < 1.29 is 18.3 Å². The van der Waals surface area contributed by atoms with Gasteiger partial charge in [-0.3, -0.25) is 4.79 Å². The monoisotopic (exact) mass is 216 g/mol. The summed E-state index contributed by atoms with van der Waals surface area (Å²) in [4.78, 5) is 14.5. The third kappa shape index (κ3) is 2.20. The maximum atomic E-state index is 12.5. The average Bonchev–Trinajstić information content (AvgIpc) is 2.16. The first-order valence-electron chi connectivity index (χ1n) is 4.10. The summed E-state index contributed by atoms with van der Waals surface area (Å²) in [5, 5.41) is 0. The van der Waals surface area contributed by atoms with E-state index >= 15 is 0 Å². The number of carbonyl (C=O) groups excluding carboxylic acids is 1. The van der Waals surface area contributed by atoms with Gasteiger partial charge >= 0.3 is 0 Å². The van der Waals surface area contributed by atoms with E-state index < -0.39 is 23.6 Å². The van der Waals surface area contributed by atoms with Crippen molar-refractivity contribution in [3.8, 4) is 5.75 Å². The molecule has 0 fully saturated rings. The molecule has 0 aliphatic carbocycles. The zero-order valence-electron chi connectivity index (χ0n) is 8.25. The Labute approximate surface area is 85.1 Å². The van der Waals surface area contributed by atoms with Crippen molar-refractivity contribution in [1.82, 2.24) is 4.98 Å². The first-order chi connectivity index (χ1) is 6.97. The number of carbonyl (C=O) groups is 1. The molecule has 1 amide bonds. The van der Waals surface area contributed by atoms with Gasteiger partial charge in [-0.1, -0.05) is 0 Å². The second kappa shape index (κ2) is 4.20. The fourth-order valence-corrected chi connectivity index (χ4v) is 1.17. The third-order valence-electron chi connectivity index (χ3n) is 1.88. The molecule has 0 aromatic carbocycles. The normalized spacial score (nSPS) is 10.5. The number of methoxy groups -OCH3 is 1. The molecular formula is C9H10F2N2O2. The van der Waals surface area contributed by atoms with E-state index in [1.807, 2.05) is 0 Å². The summed E-state index contributed by atoms with van der Waals surface area (Å²) in [5.74, 6) is -0.772. The number of aromatic nitrogens is 1. The molecule has 0 aliphatic heterocycles. The van der Waals surface area contributed by atoms with Gasteiger partial charge in [0.15, 0.2) is 0 Å². The Bertz CT molecular complexity index is 394. The summed E-state index contributed by atoms with van der Waals surface area (Å²) in [6.45, 7) is 1.54. The van der Waals surface area contributed by atoms with Crippen LogP contribution in [-0.4, -0.2) is 18.0 Å². The maximum Gasteiger partial charge on any atom is 0.267 e. The Hall–Kier alpha value is -1.72. The summed E-state index contributed by atoms with van der Waals surface area (Å²) < 4.78 is 29.9. The van der Waals surface area contributed by atoms with E-state index in [1.54, 1.807) is 6.92 Å². The highest BCUT2D eigenvalue weighted by atomic mass is 19.3. The lowest BCUT2D eigenvalue weighted by Gasteiger charge is -2.09. The number of ether oxygens (including phenoxy) is 1. The zero-order chi connectivity index (χ0) is 11.6. The summed E-state index contributed by atoms with van der Waals surface area (Å²) >= 11 is 0. The molecule has 0 spiro atoms. The SMILES string of the molecule is COc1cc(C(F)F)c(C(N)=O)nc1C. The average molecular weight is 216 g/mol. The number of nitrogens with zero attached hydrogens (tertiary/aromatic N) is 1. The topological polar surface area (TPSA) is 65.2 Å². The highest BCUT2D eigenvalue weighted by Crippen LogP contribution is 2.27. The number of pyridine rings is 1. The molecule has 0 atom stereocenters.